The van der Waals surface area contributed by atoms with Gasteiger partial charge in [0.2, 0.25) is 0 Å². The van der Waals surface area contributed by atoms with Gasteiger partial charge in [-0.3, -0.25) is 0 Å². The minimum atomic E-state index is 0.515. The van der Waals surface area contributed by atoms with E-state index in [0.29, 0.717) is 6.10 Å². The Kier molecular flexibility index (Phi) is 4.67. The van der Waals surface area contributed by atoms with Gasteiger partial charge in [-0.15, -0.1) is 0 Å². The molecule has 2 nitrogen and oxygen atoms in total. The third kappa shape index (κ3) is 3.49. The SMILES string of the molecule is Brc1ccccc1NCCOC1CCCC1. The van der Waals surface area contributed by atoms with Crippen LogP contribution in [0.25, 0.3) is 0 Å². The fourth-order valence-corrected chi connectivity index (χ4v) is 2.50. The van der Waals surface area contributed by atoms with Crippen molar-refractivity contribution in [1.29, 1.82) is 0 Å². The van der Waals surface area contributed by atoms with Crippen molar-refractivity contribution in [1.82, 2.24) is 0 Å². The molecule has 1 aromatic rings. The molecule has 1 aliphatic rings. The van der Waals surface area contributed by atoms with Crippen LogP contribution in [0.15, 0.2) is 28.7 Å². The van der Waals surface area contributed by atoms with E-state index in [0.717, 1.165) is 23.3 Å². The largest absolute Gasteiger partial charge is 0.382 e. The Morgan fingerprint density at radius 3 is 2.75 bits per heavy atom. The monoisotopic (exact) mass is 283 g/mol. The molecule has 1 aromatic carbocycles. The molecule has 2 rings (SSSR count). The first-order valence-corrected chi connectivity index (χ1v) is 6.75. The number of benzene rings is 1. The van der Waals surface area contributed by atoms with Gasteiger partial charge in [0, 0.05) is 16.7 Å². The van der Waals surface area contributed by atoms with Gasteiger partial charge in [0.05, 0.1) is 12.7 Å². The van der Waals surface area contributed by atoms with Gasteiger partial charge in [-0.05, 0) is 40.9 Å². The molecule has 1 saturated carbocycles. The lowest BCUT2D eigenvalue weighted by molar-refractivity contribution is 0.0659. The van der Waals surface area contributed by atoms with Crippen molar-refractivity contribution < 1.29 is 4.74 Å². The van der Waals surface area contributed by atoms with Gasteiger partial charge in [-0.1, -0.05) is 25.0 Å². The summed E-state index contributed by atoms with van der Waals surface area (Å²) in [4.78, 5) is 0. The van der Waals surface area contributed by atoms with E-state index < -0.39 is 0 Å². The van der Waals surface area contributed by atoms with Crippen LogP contribution >= 0.6 is 15.9 Å². The van der Waals surface area contributed by atoms with Gasteiger partial charge in [0.15, 0.2) is 0 Å². The number of halogens is 1. The topological polar surface area (TPSA) is 21.3 Å². The van der Waals surface area contributed by atoms with Crippen molar-refractivity contribution in [2.24, 2.45) is 0 Å². The molecule has 0 spiro atoms. The third-order valence-electron chi connectivity index (χ3n) is 2.95. The van der Waals surface area contributed by atoms with Crippen molar-refractivity contribution in [3.8, 4) is 0 Å². The summed E-state index contributed by atoms with van der Waals surface area (Å²) in [5, 5.41) is 3.37. The highest BCUT2D eigenvalue weighted by atomic mass is 79.9. The Morgan fingerprint density at radius 2 is 2.00 bits per heavy atom. The predicted molar refractivity (Wildman–Crippen MR) is 70.8 cm³/mol. The first-order valence-electron chi connectivity index (χ1n) is 5.96. The number of para-hydroxylation sites is 1. The Balaban J connectivity index is 1.66. The van der Waals surface area contributed by atoms with Crippen molar-refractivity contribution in [2.75, 3.05) is 18.5 Å². The lowest BCUT2D eigenvalue weighted by Gasteiger charge is -2.12. The molecule has 0 amide bonds. The summed E-state index contributed by atoms with van der Waals surface area (Å²) >= 11 is 3.51. The molecule has 0 saturated heterocycles. The second-order valence-corrected chi connectivity index (χ2v) is 5.04. The Morgan fingerprint density at radius 1 is 1.25 bits per heavy atom. The molecular formula is C13H18BrNO. The van der Waals surface area contributed by atoms with Gasteiger partial charge in [0.1, 0.15) is 0 Å². The normalized spacial score (nSPS) is 16.6. The molecule has 3 heteroatoms. The van der Waals surface area contributed by atoms with Crippen LogP contribution in [0, 0.1) is 0 Å². The van der Waals surface area contributed by atoms with E-state index in [1.54, 1.807) is 0 Å². The minimum Gasteiger partial charge on any atom is -0.382 e. The smallest absolute Gasteiger partial charge is 0.0642 e. The van der Waals surface area contributed by atoms with E-state index >= 15 is 0 Å². The Labute approximate surface area is 106 Å². The van der Waals surface area contributed by atoms with E-state index in [1.165, 1.54) is 25.7 Å². The number of hydrogen-bond donors (Lipinski definition) is 1. The number of ether oxygens (including phenoxy) is 1. The molecule has 1 aliphatic carbocycles. The van der Waals surface area contributed by atoms with Crippen molar-refractivity contribution in [2.45, 2.75) is 31.8 Å². The number of nitrogens with one attached hydrogen (secondary N) is 1. The van der Waals surface area contributed by atoms with Crippen LogP contribution in [0.4, 0.5) is 5.69 Å². The summed E-state index contributed by atoms with van der Waals surface area (Å²) in [7, 11) is 0. The fourth-order valence-electron chi connectivity index (χ4n) is 2.07. The lowest BCUT2D eigenvalue weighted by Crippen LogP contribution is -2.15. The minimum absolute atomic E-state index is 0.515. The Hall–Kier alpha value is -0.540. The summed E-state index contributed by atoms with van der Waals surface area (Å²) in [6, 6.07) is 8.16. The van der Waals surface area contributed by atoms with Crippen LogP contribution in [-0.4, -0.2) is 19.3 Å². The lowest BCUT2D eigenvalue weighted by atomic mass is 10.3. The van der Waals surface area contributed by atoms with Crippen LogP contribution in [0.5, 0.6) is 0 Å². The van der Waals surface area contributed by atoms with Crippen LogP contribution in [0.2, 0.25) is 0 Å². The highest BCUT2D eigenvalue weighted by molar-refractivity contribution is 9.10. The second kappa shape index (κ2) is 6.26. The maximum absolute atomic E-state index is 5.79. The standard InChI is InChI=1S/C13H18BrNO/c14-12-7-3-4-8-13(12)15-9-10-16-11-5-1-2-6-11/h3-4,7-8,11,15H,1-2,5-6,9-10H2. The zero-order valence-corrected chi connectivity index (χ0v) is 11.0. The molecule has 0 aromatic heterocycles. The van der Waals surface area contributed by atoms with Crippen molar-refractivity contribution in [3.63, 3.8) is 0 Å². The number of rotatable bonds is 5. The highest BCUT2D eigenvalue weighted by Gasteiger charge is 2.14. The van der Waals surface area contributed by atoms with E-state index in [9.17, 15) is 0 Å². The third-order valence-corrected chi connectivity index (χ3v) is 3.64. The van der Waals surface area contributed by atoms with E-state index in [4.69, 9.17) is 4.74 Å². The van der Waals surface area contributed by atoms with Gasteiger partial charge in [-0.25, -0.2) is 0 Å². The average molecular weight is 284 g/mol. The maximum Gasteiger partial charge on any atom is 0.0642 e. The molecule has 88 valence electrons. The quantitative estimate of drug-likeness (QED) is 0.830. The van der Waals surface area contributed by atoms with Gasteiger partial charge >= 0.3 is 0 Å². The summed E-state index contributed by atoms with van der Waals surface area (Å²) in [6.07, 6.45) is 5.68. The molecular weight excluding hydrogens is 266 g/mol. The van der Waals surface area contributed by atoms with Crippen molar-refractivity contribution in [3.05, 3.63) is 28.7 Å². The molecule has 1 N–H and O–H groups in total. The molecule has 0 bridgehead atoms. The second-order valence-electron chi connectivity index (χ2n) is 4.18. The average Bonchev–Trinajstić information content (AvgIpc) is 2.79. The number of anilines is 1. The van der Waals surface area contributed by atoms with Crippen LogP contribution in [-0.2, 0) is 4.74 Å². The molecule has 0 radical (unpaired) electrons. The van der Waals surface area contributed by atoms with Gasteiger partial charge < -0.3 is 10.1 Å². The predicted octanol–water partition coefficient (Wildman–Crippen LogP) is 3.82. The zero-order chi connectivity index (χ0) is 11.2. The molecule has 0 heterocycles. The summed E-state index contributed by atoms with van der Waals surface area (Å²) < 4.78 is 6.89. The molecule has 0 atom stereocenters. The molecule has 1 fully saturated rings. The van der Waals surface area contributed by atoms with E-state index in [2.05, 4.69) is 27.3 Å². The first-order chi connectivity index (χ1) is 7.86. The first kappa shape index (κ1) is 11.9. The molecule has 0 unspecified atom stereocenters. The van der Waals surface area contributed by atoms with Crippen molar-refractivity contribution >= 4 is 21.6 Å². The summed E-state index contributed by atoms with van der Waals surface area (Å²) in [5.41, 5.74) is 1.14. The fraction of sp³-hybridized carbons (Fsp3) is 0.538. The highest BCUT2D eigenvalue weighted by Crippen LogP contribution is 2.22. The van der Waals surface area contributed by atoms with E-state index in [-0.39, 0.29) is 0 Å². The van der Waals surface area contributed by atoms with Crippen LogP contribution in [0.3, 0.4) is 0 Å². The molecule has 0 aliphatic heterocycles. The number of hydrogen-bond acceptors (Lipinski definition) is 2. The zero-order valence-electron chi connectivity index (χ0n) is 9.42. The Bertz CT molecular complexity index is 323. The van der Waals surface area contributed by atoms with Gasteiger partial charge in [-0.2, -0.15) is 0 Å². The van der Waals surface area contributed by atoms with Gasteiger partial charge in [0.25, 0.3) is 0 Å². The summed E-state index contributed by atoms with van der Waals surface area (Å²) in [6.45, 7) is 1.67. The summed E-state index contributed by atoms with van der Waals surface area (Å²) in [5.74, 6) is 0. The maximum atomic E-state index is 5.79. The van der Waals surface area contributed by atoms with Crippen LogP contribution in [0.1, 0.15) is 25.7 Å². The van der Waals surface area contributed by atoms with E-state index in [1.807, 2.05) is 18.2 Å². The van der Waals surface area contributed by atoms with Crippen LogP contribution < -0.4 is 5.32 Å². The molecule has 16 heavy (non-hydrogen) atoms.